The third kappa shape index (κ3) is 1.92. The number of carbonyl (C=O) groups excluding carboxylic acids is 1. The minimum atomic E-state index is -0.473. The summed E-state index contributed by atoms with van der Waals surface area (Å²) in [5.41, 5.74) is 7.41. The lowest BCUT2D eigenvalue weighted by atomic mass is 10.3. The van der Waals surface area contributed by atoms with Crippen LogP contribution in [0.2, 0.25) is 0 Å². The Balaban J connectivity index is 0.00000112. The zero-order valence-electron chi connectivity index (χ0n) is 8.48. The van der Waals surface area contributed by atoms with Crippen molar-refractivity contribution >= 4 is 40.5 Å². The maximum absolute atomic E-state index is 11.7. The number of nitrogens with zero attached hydrogens (tertiary/aromatic N) is 2. The molecule has 0 aliphatic carbocycles. The van der Waals surface area contributed by atoms with E-state index in [9.17, 15) is 4.79 Å². The van der Waals surface area contributed by atoms with E-state index < -0.39 is 6.04 Å². The molecule has 1 aromatic rings. The fourth-order valence-corrected chi connectivity index (χ4v) is 2.36. The number of anilines is 2. The minimum absolute atomic E-state index is 0. The first kappa shape index (κ1) is 12.2. The molecule has 15 heavy (non-hydrogen) atoms. The topological polar surface area (TPSA) is 71.2 Å². The number of aryl methyl sites for hydroxylation is 1. The SMILES string of the molecule is Cc1nsc2c1N(C)C(=O)C(N)CN2.Cl. The average Bonchev–Trinajstić information content (AvgIpc) is 2.49. The first-order chi connectivity index (χ1) is 6.61. The Bertz CT molecular complexity index is 381. The zero-order valence-corrected chi connectivity index (χ0v) is 10.1. The molecule has 1 aromatic heterocycles. The number of rotatable bonds is 0. The molecule has 1 amide bonds. The molecule has 0 aromatic carbocycles. The molecule has 0 bridgehead atoms. The molecule has 84 valence electrons. The van der Waals surface area contributed by atoms with Crippen molar-refractivity contribution in [3.63, 3.8) is 0 Å². The Morgan fingerprint density at radius 1 is 1.67 bits per heavy atom. The number of fused-ring (bicyclic) bond motifs is 1. The molecule has 2 rings (SSSR count). The van der Waals surface area contributed by atoms with Crippen molar-refractivity contribution in [1.29, 1.82) is 0 Å². The summed E-state index contributed by atoms with van der Waals surface area (Å²) in [4.78, 5) is 13.3. The fraction of sp³-hybridized carbons (Fsp3) is 0.500. The molecule has 0 spiro atoms. The van der Waals surface area contributed by atoms with Crippen LogP contribution >= 0.6 is 23.9 Å². The molecule has 1 unspecified atom stereocenters. The van der Waals surface area contributed by atoms with Gasteiger partial charge in [0.05, 0.1) is 5.69 Å². The molecule has 0 radical (unpaired) electrons. The number of likely N-dealkylation sites (N-methyl/N-ethyl adjacent to an activating group) is 1. The summed E-state index contributed by atoms with van der Waals surface area (Å²) in [7, 11) is 1.73. The molecule has 0 fully saturated rings. The highest BCUT2D eigenvalue weighted by atomic mass is 35.5. The quantitative estimate of drug-likeness (QED) is 0.705. The van der Waals surface area contributed by atoms with Crippen LogP contribution in [0.4, 0.5) is 10.7 Å². The Morgan fingerprint density at radius 2 is 2.33 bits per heavy atom. The first-order valence-electron chi connectivity index (χ1n) is 4.34. The van der Waals surface area contributed by atoms with Gasteiger partial charge in [-0.3, -0.25) is 4.79 Å². The lowest BCUT2D eigenvalue weighted by Crippen LogP contribution is -2.43. The average molecular weight is 249 g/mol. The summed E-state index contributed by atoms with van der Waals surface area (Å²) in [5.74, 6) is -0.0699. The third-order valence-electron chi connectivity index (χ3n) is 2.30. The van der Waals surface area contributed by atoms with Crippen LogP contribution in [0.3, 0.4) is 0 Å². The van der Waals surface area contributed by atoms with Crippen LogP contribution in [-0.2, 0) is 4.79 Å². The number of hydrogen-bond acceptors (Lipinski definition) is 5. The molecular weight excluding hydrogens is 236 g/mol. The zero-order chi connectivity index (χ0) is 10.3. The van der Waals surface area contributed by atoms with Gasteiger partial charge in [-0.1, -0.05) is 0 Å². The maximum Gasteiger partial charge on any atom is 0.245 e. The van der Waals surface area contributed by atoms with Crippen molar-refractivity contribution in [2.24, 2.45) is 5.73 Å². The van der Waals surface area contributed by atoms with Crippen molar-refractivity contribution < 1.29 is 4.79 Å². The highest BCUT2D eigenvalue weighted by molar-refractivity contribution is 7.11. The Morgan fingerprint density at radius 3 is 3.00 bits per heavy atom. The smallest absolute Gasteiger partial charge is 0.245 e. The van der Waals surface area contributed by atoms with Gasteiger partial charge in [0.2, 0.25) is 5.91 Å². The van der Waals surface area contributed by atoms with E-state index in [1.165, 1.54) is 11.5 Å². The number of halogens is 1. The van der Waals surface area contributed by atoms with E-state index in [2.05, 4.69) is 9.69 Å². The molecule has 3 N–H and O–H groups in total. The Hall–Kier alpha value is -0.850. The lowest BCUT2D eigenvalue weighted by molar-refractivity contribution is -0.119. The third-order valence-corrected chi connectivity index (χ3v) is 3.18. The van der Waals surface area contributed by atoms with Gasteiger partial charge >= 0.3 is 0 Å². The van der Waals surface area contributed by atoms with Gasteiger partial charge in [-0.2, -0.15) is 4.37 Å². The van der Waals surface area contributed by atoms with Gasteiger partial charge in [-0.05, 0) is 18.5 Å². The monoisotopic (exact) mass is 248 g/mol. The highest BCUT2D eigenvalue weighted by Gasteiger charge is 2.27. The molecule has 0 saturated heterocycles. The second-order valence-corrected chi connectivity index (χ2v) is 4.10. The summed E-state index contributed by atoms with van der Waals surface area (Å²) >= 11 is 1.36. The van der Waals surface area contributed by atoms with Crippen LogP contribution in [-0.4, -0.2) is 29.9 Å². The molecule has 1 aliphatic heterocycles. The summed E-state index contributed by atoms with van der Waals surface area (Å²) < 4.78 is 4.19. The number of amides is 1. The van der Waals surface area contributed by atoms with Gasteiger partial charge in [0.25, 0.3) is 0 Å². The number of nitrogens with one attached hydrogen (secondary N) is 1. The van der Waals surface area contributed by atoms with E-state index in [1.54, 1.807) is 11.9 Å². The lowest BCUT2D eigenvalue weighted by Gasteiger charge is -2.16. The second kappa shape index (κ2) is 4.34. The van der Waals surface area contributed by atoms with E-state index >= 15 is 0 Å². The van der Waals surface area contributed by atoms with Gasteiger partial charge in [-0.15, -0.1) is 12.4 Å². The van der Waals surface area contributed by atoms with Crippen molar-refractivity contribution in [3.8, 4) is 0 Å². The van der Waals surface area contributed by atoms with Crippen molar-refractivity contribution in [1.82, 2.24) is 4.37 Å². The van der Waals surface area contributed by atoms with Crippen molar-refractivity contribution in [2.45, 2.75) is 13.0 Å². The largest absolute Gasteiger partial charge is 0.372 e. The molecule has 1 aliphatic rings. The van der Waals surface area contributed by atoms with E-state index in [0.29, 0.717) is 6.54 Å². The fourth-order valence-electron chi connectivity index (χ4n) is 1.52. The standard InChI is InChI=1S/C8H12N4OS.ClH/c1-4-6-7(14-11-4)10-3-5(9)8(13)12(6)2;/h5,10H,3,9H2,1-2H3;1H. The van der Waals surface area contributed by atoms with Gasteiger partial charge in [-0.25, -0.2) is 0 Å². The normalized spacial score (nSPS) is 20.1. The van der Waals surface area contributed by atoms with Crippen LogP contribution in [0.15, 0.2) is 0 Å². The van der Waals surface area contributed by atoms with Crippen LogP contribution in [0.25, 0.3) is 0 Å². The van der Waals surface area contributed by atoms with Crippen LogP contribution < -0.4 is 16.0 Å². The van der Waals surface area contributed by atoms with E-state index in [4.69, 9.17) is 5.73 Å². The minimum Gasteiger partial charge on any atom is -0.372 e. The van der Waals surface area contributed by atoms with Crippen molar-refractivity contribution in [2.75, 3.05) is 23.8 Å². The van der Waals surface area contributed by atoms with Gasteiger partial charge in [0.1, 0.15) is 16.7 Å². The summed E-state index contributed by atoms with van der Waals surface area (Å²) in [6.45, 7) is 2.36. The van der Waals surface area contributed by atoms with Crippen molar-refractivity contribution in [3.05, 3.63) is 5.69 Å². The predicted molar refractivity (Wildman–Crippen MR) is 64.0 cm³/mol. The highest BCUT2D eigenvalue weighted by Crippen LogP contribution is 2.34. The second-order valence-electron chi connectivity index (χ2n) is 3.33. The molecular formula is C8H13ClN4OS. The number of aromatic nitrogens is 1. The first-order valence-corrected chi connectivity index (χ1v) is 5.12. The number of nitrogens with two attached hydrogens (primary N) is 1. The Kier molecular flexibility index (Phi) is 3.54. The molecule has 1 atom stereocenters. The summed E-state index contributed by atoms with van der Waals surface area (Å²) in [6.07, 6.45) is 0. The van der Waals surface area contributed by atoms with Gasteiger partial charge < -0.3 is 16.0 Å². The van der Waals surface area contributed by atoms with Gasteiger partial charge in [0.15, 0.2) is 0 Å². The van der Waals surface area contributed by atoms with E-state index in [0.717, 1.165) is 16.4 Å². The molecule has 5 nitrogen and oxygen atoms in total. The number of hydrogen-bond donors (Lipinski definition) is 2. The summed E-state index contributed by atoms with van der Waals surface area (Å²) in [5, 5.41) is 4.05. The predicted octanol–water partition coefficient (Wildman–Crippen LogP) is 0.589. The molecule has 2 heterocycles. The van der Waals surface area contributed by atoms with E-state index in [-0.39, 0.29) is 18.3 Å². The summed E-state index contributed by atoms with van der Waals surface area (Å²) in [6, 6.07) is -0.473. The van der Waals surface area contributed by atoms with Crippen LogP contribution in [0.5, 0.6) is 0 Å². The maximum atomic E-state index is 11.7. The van der Waals surface area contributed by atoms with Gasteiger partial charge in [0, 0.05) is 13.6 Å². The number of carbonyl (C=O) groups is 1. The van der Waals surface area contributed by atoms with Crippen LogP contribution in [0, 0.1) is 6.92 Å². The van der Waals surface area contributed by atoms with Crippen LogP contribution in [0.1, 0.15) is 5.69 Å². The molecule has 7 heteroatoms. The van der Waals surface area contributed by atoms with E-state index in [1.807, 2.05) is 6.92 Å². The molecule has 0 saturated carbocycles. The Labute approximate surface area is 98.2 Å².